The SMILES string of the molecule is CCCCCCCC(=O)N1CCC(N2CCCCC(Nc3nccc(N4CCCCCC4)n3)C2)CC1. The molecule has 1 amide bonds. The number of nitrogens with zero attached hydrogens (tertiary/aromatic N) is 5. The van der Waals surface area contributed by atoms with Gasteiger partial charge in [0, 0.05) is 57.4 Å². The second-order valence-corrected chi connectivity index (χ2v) is 11.2. The fourth-order valence-corrected chi connectivity index (χ4v) is 6.22. The van der Waals surface area contributed by atoms with Crippen LogP contribution in [0.3, 0.4) is 0 Å². The molecule has 7 heteroatoms. The third-order valence-electron chi connectivity index (χ3n) is 8.43. The van der Waals surface area contributed by atoms with Crippen molar-refractivity contribution in [3.05, 3.63) is 12.3 Å². The highest BCUT2D eigenvalue weighted by atomic mass is 16.2. The number of piperidine rings is 1. The molecule has 3 fully saturated rings. The predicted octanol–water partition coefficient (Wildman–Crippen LogP) is 5.47. The monoisotopic (exact) mass is 498 g/mol. The average molecular weight is 499 g/mol. The van der Waals surface area contributed by atoms with Crippen molar-refractivity contribution in [3.63, 3.8) is 0 Å². The molecule has 0 aliphatic carbocycles. The van der Waals surface area contributed by atoms with Crippen molar-refractivity contribution in [2.45, 2.75) is 115 Å². The van der Waals surface area contributed by atoms with Gasteiger partial charge in [0.2, 0.25) is 11.9 Å². The number of carbonyl (C=O) groups is 1. The zero-order valence-electron chi connectivity index (χ0n) is 22.8. The van der Waals surface area contributed by atoms with E-state index in [9.17, 15) is 4.79 Å². The van der Waals surface area contributed by atoms with E-state index in [-0.39, 0.29) is 0 Å². The maximum absolute atomic E-state index is 12.7. The first kappa shape index (κ1) is 27.2. The van der Waals surface area contributed by atoms with Crippen molar-refractivity contribution >= 4 is 17.7 Å². The highest BCUT2D eigenvalue weighted by Gasteiger charge is 2.29. The van der Waals surface area contributed by atoms with Crippen LogP contribution < -0.4 is 10.2 Å². The normalized spacial score (nSPS) is 22.8. The van der Waals surface area contributed by atoms with Gasteiger partial charge in [-0.25, -0.2) is 4.98 Å². The van der Waals surface area contributed by atoms with E-state index in [1.54, 1.807) is 0 Å². The molecule has 1 N–H and O–H groups in total. The Morgan fingerprint density at radius 1 is 0.917 bits per heavy atom. The number of amides is 1. The van der Waals surface area contributed by atoms with Gasteiger partial charge in [0.05, 0.1) is 0 Å². The minimum Gasteiger partial charge on any atom is -0.356 e. The van der Waals surface area contributed by atoms with Gasteiger partial charge in [0.25, 0.3) is 0 Å². The minimum absolute atomic E-state index is 0.377. The summed E-state index contributed by atoms with van der Waals surface area (Å²) >= 11 is 0. The Hall–Kier alpha value is -1.89. The third kappa shape index (κ3) is 8.32. The van der Waals surface area contributed by atoms with Crippen molar-refractivity contribution in [2.75, 3.05) is 49.5 Å². The average Bonchev–Trinajstić information content (AvgIpc) is 3.32. The van der Waals surface area contributed by atoms with Crippen molar-refractivity contribution in [2.24, 2.45) is 0 Å². The van der Waals surface area contributed by atoms with E-state index in [0.717, 1.165) is 70.2 Å². The number of unbranched alkanes of at least 4 members (excludes halogenated alkanes) is 4. The third-order valence-corrected chi connectivity index (χ3v) is 8.43. The van der Waals surface area contributed by atoms with Gasteiger partial charge in [-0.15, -0.1) is 0 Å². The quantitative estimate of drug-likeness (QED) is 0.431. The zero-order chi connectivity index (χ0) is 25.0. The van der Waals surface area contributed by atoms with Crippen molar-refractivity contribution in [1.29, 1.82) is 0 Å². The van der Waals surface area contributed by atoms with Crippen LogP contribution in [0.15, 0.2) is 12.3 Å². The highest BCUT2D eigenvalue weighted by Crippen LogP contribution is 2.24. The Morgan fingerprint density at radius 2 is 1.67 bits per heavy atom. The number of carbonyl (C=O) groups excluding carboxylic acids is 1. The minimum atomic E-state index is 0.377. The van der Waals surface area contributed by atoms with Gasteiger partial charge in [-0.3, -0.25) is 9.69 Å². The van der Waals surface area contributed by atoms with Crippen molar-refractivity contribution < 1.29 is 4.79 Å². The molecule has 1 aromatic rings. The zero-order valence-corrected chi connectivity index (χ0v) is 22.8. The molecule has 3 aliphatic heterocycles. The van der Waals surface area contributed by atoms with Crippen molar-refractivity contribution in [1.82, 2.24) is 19.8 Å². The van der Waals surface area contributed by atoms with Crippen molar-refractivity contribution in [3.8, 4) is 0 Å². The summed E-state index contributed by atoms with van der Waals surface area (Å²) in [5.41, 5.74) is 0. The Morgan fingerprint density at radius 3 is 2.44 bits per heavy atom. The predicted molar refractivity (Wildman–Crippen MR) is 149 cm³/mol. The molecule has 36 heavy (non-hydrogen) atoms. The van der Waals surface area contributed by atoms with Crippen LogP contribution in [0.25, 0.3) is 0 Å². The van der Waals surface area contributed by atoms with Crippen LogP contribution in [0.2, 0.25) is 0 Å². The maximum atomic E-state index is 12.7. The molecule has 202 valence electrons. The Bertz CT molecular complexity index is 773. The van der Waals surface area contributed by atoms with Gasteiger partial charge in [0.15, 0.2) is 0 Å². The first-order valence-electron chi connectivity index (χ1n) is 15.1. The molecule has 4 rings (SSSR count). The molecular weight excluding hydrogens is 448 g/mol. The van der Waals surface area contributed by atoms with E-state index in [4.69, 9.17) is 4.98 Å². The summed E-state index contributed by atoms with van der Waals surface area (Å²) in [7, 11) is 0. The van der Waals surface area contributed by atoms with E-state index in [1.807, 2.05) is 6.20 Å². The molecule has 7 nitrogen and oxygen atoms in total. The number of aromatic nitrogens is 2. The van der Waals surface area contributed by atoms with Crippen LogP contribution in [-0.2, 0) is 4.79 Å². The van der Waals surface area contributed by atoms with Gasteiger partial charge >= 0.3 is 0 Å². The van der Waals surface area contributed by atoms with E-state index in [0.29, 0.717) is 18.0 Å². The molecule has 1 unspecified atom stereocenters. The molecule has 4 heterocycles. The largest absolute Gasteiger partial charge is 0.356 e. The molecule has 0 spiro atoms. The van der Waals surface area contributed by atoms with Gasteiger partial charge in [-0.2, -0.15) is 4.98 Å². The Labute approximate surface area is 219 Å². The molecule has 0 aromatic carbocycles. The van der Waals surface area contributed by atoms with Crippen LogP contribution >= 0.6 is 0 Å². The first-order valence-corrected chi connectivity index (χ1v) is 15.1. The summed E-state index contributed by atoms with van der Waals surface area (Å²) < 4.78 is 0. The molecule has 0 radical (unpaired) electrons. The maximum Gasteiger partial charge on any atom is 0.224 e. The van der Waals surface area contributed by atoms with E-state index in [1.165, 1.54) is 77.2 Å². The van der Waals surface area contributed by atoms with Gasteiger partial charge < -0.3 is 15.1 Å². The molecule has 0 saturated carbocycles. The first-order chi connectivity index (χ1) is 17.7. The number of rotatable bonds is 10. The standard InChI is InChI=1S/C29H50N6O/c1-2-3-4-5-8-14-28(36)34-22-16-26(17-23-34)35-21-12-9-13-25(24-35)31-29-30-18-15-27(32-29)33-19-10-6-7-11-20-33/h15,18,25-26H,2-14,16-17,19-24H2,1H3,(H,30,31,32). The molecular formula is C29H50N6O. The van der Waals surface area contributed by atoms with Gasteiger partial charge in [-0.1, -0.05) is 51.9 Å². The lowest BCUT2D eigenvalue weighted by atomic mass is 10.0. The molecule has 3 saturated heterocycles. The van der Waals surface area contributed by atoms with E-state index < -0.39 is 0 Å². The van der Waals surface area contributed by atoms with Crippen LogP contribution in [0, 0.1) is 0 Å². The second-order valence-electron chi connectivity index (χ2n) is 11.2. The summed E-state index contributed by atoms with van der Waals surface area (Å²) in [5.74, 6) is 2.23. The summed E-state index contributed by atoms with van der Waals surface area (Å²) in [4.78, 5) is 29.4. The topological polar surface area (TPSA) is 64.6 Å². The smallest absolute Gasteiger partial charge is 0.224 e. The Balaban J connectivity index is 1.24. The number of anilines is 2. The molecule has 3 aliphatic rings. The fraction of sp³-hybridized carbons (Fsp3) is 0.828. The van der Waals surface area contributed by atoms with E-state index in [2.05, 4.69) is 38.0 Å². The lowest BCUT2D eigenvalue weighted by Gasteiger charge is -2.39. The Kier molecular flexibility index (Phi) is 11.1. The number of likely N-dealkylation sites (tertiary alicyclic amines) is 2. The lowest BCUT2D eigenvalue weighted by Crippen LogP contribution is -2.49. The summed E-state index contributed by atoms with van der Waals surface area (Å²) in [6, 6.07) is 3.04. The number of hydrogen-bond donors (Lipinski definition) is 1. The van der Waals surface area contributed by atoms with Gasteiger partial charge in [-0.05, 0) is 57.6 Å². The number of nitrogens with one attached hydrogen (secondary N) is 1. The van der Waals surface area contributed by atoms with Crippen LogP contribution in [0.4, 0.5) is 11.8 Å². The summed E-state index contributed by atoms with van der Waals surface area (Å²) in [6.45, 7) is 8.51. The van der Waals surface area contributed by atoms with Crippen LogP contribution in [0.1, 0.15) is 103 Å². The molecule has 1 aromatic heterocycles. The van der Waals surface area contributed by atoms with E-state index >= 15 is 0 Å². The van der Waals surface area contributed by atoms with Crippen LogP contribution in [0.5, 0.6) is 0 Å². The fourth-order valence-electron chi connectivity index (χ4n) is 6.22. The molecule has 1 atom stereocenters. The summed E-state index contributed by atoms with van der Waals surface area (Å²) in [5, 5.41) is 3.69. The molecule has 0 bridgehead atoms. The van der Waals surface area contributed by atoms with Gasteiger partial charge in [0.1, 0.15) is 5.82 Å². The second kappa shape index (κ2) is 14.7. The van der Waals surface area contributed by atoms with Crippen LogP contribution in [-0.4, -0.2) is 77.0 Å². The lowest BCUT2D eigenvalue weighted by molar-refractivity contribution is -0.132. The number of hydrogen-bond acceptors (Lipinski definition) is 6. The highest BCUT2D eigenvalue weighted by molar-refractivity contribution is 5.76. The summed E-state index contributed by atoms with van der Waals surface area (Å²) in [6.07, 6.45) is 19.8.